The highest BCUT2D eigenvalue weighted by Gasteiger charge is 2.19. The van der Waals surface area contributed by atoms with Crippen LogP contribution in [-0.4, -0.2) is 16.1 Å². The maximum Gasteiger partial charge on any atom is 0.258 e. The molecule has 1 heterocycles. The van der Waals surface area contributed by atoms with E-state index >= 15 is 0 Å². The molecule has 4 heteroatoms. The molecule has 0 aliphatic rings. The van der Waals surface area contributed by atoms with Crippen LogP contribution in [0.25, 0.3) is 22.2 Å². The zero-order valence-electron chi connectivity index (χ0n) is 15.2. The van der Waals surface area contributed by atoms with Gasteiger partial charge in [-0.2, -0.15) is 0 Å². The Balaban J connectivity index is 1.85. The van der Waals surface area contributed by atoms with Crippen molar-refractivity contribution in [3.05, 3.63) is 89.5 Å². The third kappa shape index (κ3) is 3.29. The second-order valence-electron chi connectivity index (χ2n) is 6.56. The Hall–Kier alpha value is -3.53. The molecule has 0 bridgehead atoms. The first kappa shape index (κ1) is 16.9. The molecule has 0 fully saturated rings. The first-order chi connectivity index (χ1) is 13.1. The highest BCUT2D eigenvalue weighted by Crippen LogP contribution is 2.28. The van der Waals surface area contributed by atoms with Gasteiger partial charge < -0.3 is 5.32 Å². The quantitative estimate of drug-likeness (QED) is 0.553. The number of nitrogens with one attached hydrogen (secondary N) is 1. The largest absolute Gasteiger partial charge is 0.322 e. The number of fused-ring (bicyclic) bond motifs is 1. The number of hydrogen-bond donors (Lipinski definition) is 1. The van der Waals surface area contributed by atoms with Gasteiger partial charge in [-0.3, -0.25) is 4.79 Å². The third-order valence-electron chi connectivity index (χ3n) is 4.71. The Morgan fingerprint density at radius 3 is 2.33 bits per heavy atom. The van der Waals surface area contributed by atoms with Crippen LogP contribution < -0.4 is 5.32 Å². The predicted molar refractivity (Wildman–Crippen MR) is 109 cm³/mol. The van der Waals surface area contributed by atoms with Crippen molar-refractivity contribution in [2.45, 2.75) is 13.8 Å². The highest BCUT2D eigenvalue weighted by atomic mass is 16.1. The van der Waals surface area contributed by atoms with Crippen LogP contribution in [0, 0.1) is 13.8 Å². The number of carbonyl (C=O) groups is 1. The molecule has 27 heavy (non-hydrogen) atoms. The van der Waals surface area contributed by atoms with E-state index in [1.54, 1.807) is 0 Å². The highest BCUT2D eigenvalue weighted by molar-refractivity contribution is 6.15. The van der Waals surface area contributed by atoms with E-state index in [4.69, 9.17) is 0 Å². The Kier molecular flexibility index (Phi) is 4.38. The Bertz CT molecular complexity index is 1140. The zero-order chi connectivity index (χ0) is 18.8. The van der Waals surface area contributed by atoms with Gasteiger partial charge in [-0.25, -0.2) is 0 Å². The molecule has 0 spiro atoms. The summed E-state index contributed by atoms with van der Waals surface area (Å²) in [6.45, 7) is 4.08. The van der Waals surface area contributed by atoms with Gasteiger partial charge in [0.15, 0.2) is 0 Å². The molecule has 4 aromatic rings. The van der Waals surface area contributed by atoms with Crippen molar-refractivity contribution in [2.24, 2.45) is 0 Å². The van der Waals surface area contributed by atoms with Crippen LogP contribution in [0.15, 0.2) is 72.8 Å². The van der Waals surface area contributed by atoms with Gasteiger partial charge >= 0.3 is 0 Å². The van der Waals surface area contributed by atoms with Gasteiger partial charge in [0.1, 0.15) is 5.69 Å². The number of aryl methyl sites for hydroxylation is 2. The van der Waals surface area contributed by atoms with Gasteiger partial charge in [-0.15, -0.1) is 10.2 Å². The fourth-order valence-electron chi connectivity index (χ4n) is 3.09. The van der Waals surface area contributed by atoms with Crippen LogP contribution in [0.3, 0.4) is 0 Å². The lowest BCUT2D eigenvalue weighted by molar-refractivity contribution is 0.102. The molecular weight excluding hydrogens is 334 g/mol. The molecule has 1 amide bonds. The number of nitrogens with zero attached hydrogens (tertiary/aromatic N) is 2. The van der Waals surface area contributed by atoms with Crippen LogP contribution >= 0.6 is 0 Å². The summed E-state index contributed by atoms with van der Waals surface area (Å²) in [6.07, 6.45) is 0. The van der Waals surface area contributed by atoms with E-state index in [0.29, 0.717) is 16.8 Å². The number of anilines is 1. The van der Waals surface area contributed by atoms with Gasteiger partial charge in [0.2, 0.25) is 0 Å². The van der Waals surface area contributed by atoms with E-state index in [0.717, 1.165) is 22.2 Å². The number of carbonyl (C=O) groups excluding carboxylic acids is 1. The summed E-state index contributed by atoms with van der Waals surface area (Å²) in [5.74, 6) is -0.191. The summed E-state index contributed by atoms with van der Waals surface area (Å²) in [5.41, 5.74) is 5.76. The van der Waals surface area contributed by atoms with Gasteiger partial charge in [0, 0.05) is 16.6 Å². The monoisotopic (exact) mass is 353 g/mol. The van der Waals surface area contributed by atoms with E-state index in [-0.39, 0.29) is 5.91 Å². The van der Waals surface area contributed by atoms with E-state index in [1.165, 1.54) is 5.56 Å². The summed E-state index contributed by atoms with van der Waals surface area (Å²) in [7, 11) is 0. The average Bonchev–Trinajstić information content (AvgIpc) is 2.70. The molecule has 0 saturated heterocycles. The van der Waals surface area contributed by atoms with Crippen molar-refractivity contribution >= 4 is 22.5 Å². The second kappa shape index (κ2) is 7.00. The molecule has 132 valence electrons. The lowest BCUT2D eigenvalue weighted by atomic mass is 10.0. The molecule has 1 N–H and O–H groups in total. The second-order valence-corrected chi connectivity index (χ2v) is 6.56. The van der Waals surface area contributed by atoms with E-state index in [9.17, 15) is 4.79 Å². The molecular formula is C23H19N3O. The first-order valence-electron chi connectivity index (χ1n) is 8.83. The van der Waals surface area contributed by atoms with Gasteiger partial charge in [0.25, 0.3) is 5.91 Å². The summed E-state index contributed by atoms with van der Waals surface area (Å²) < 4.78 is 0. The molecule has 0 aliphatic carbocycles. The summed E-state index contributed by atoms with van der Waals surface area (Å²) in [4.78, 5) is 13.2. The maximum absolute atomic E-state index is 13.2. The molecule has 0 aliphatic heterocycles. The number of hydrogen-bond acceptors (Lipinski definition) is 3. The molecule has 4 rings (SSSR count). The zero-order valence-corrected chi connectivity index (χ0v) is 15.2. The molecule has 3 aromatic carbocycles. The molecule has 0 radical (unpaired) electrons. The van der Waals surface area contributed by atoms with Gasteiger partial charge in [-0.1, -0.05) is 54.6 Å². The third-order valence-corrected chi connectivity index (χ3v) is 4.71. The van der Waals surface area contributed by atoms with E-state index < -0.39 is 0 Å². The van der Waals surface area contributed by atoms with E-state index in [2.05, 4.69) is 22.4 Å². The lowest BCUT2D eigenvalue weighted by Crippen LogP contribution is -2.15. The molecule has 0 atom stereocenters. The minimum Gasteiger partial charge on any atom is -0.322 e. The van der Waals surface area contributed by atoms with Crippen molar-refractivity contribution in [1.29, 1.82) is 0 Å². The van der Waals surface area contributed by atoms with Gasteiger partial charge in [-0.05, 0) is 43.2 Å². The molecule has 1 aromatic heterocycles. The normalized spacial score (nSPS) is 10.7. The SMILES string of the molecule is Cc1ccc(NC(=O)c2c(-c3ccccc3)nnc3ccccc23)cc1C. The van der Waals surface area contributed by atoms with Crippen molar-refractivity contribution < 1.29 is 4.79 Å². The standard InChI is InChI=1S/C23H19N3O/c1-15-12-13-18(14-16(15)2)24-23(27)21-19-10-6-7-11-20(19)25-26-22(21)17-8-4-3-5-9-17/h3-14H,1-2H3,(H,24,27). The number of benzene rings is 3. The predicted octanol–water partition coefficient (Wildman–Crippen LogP) is 5.17. The Morgan fingerprint density at radius 1 is 0.815 bits per heavy atom. The fourth-order valence-corrected chi connectivity index (χ4v) is 3.09. The minimum absolute atomic E-state index is 0.191. The molecule has 0 saturated carbocycles. The number of aromatic nitrogens is 2. The van der Waals surface area contributed by atoms with Crippen molar-refractivity contribution in [3.63, 3.8) is 0 Å². The molecule has 4 nitrogen and oxygen atoms in total. The summed E-state index contributed by atoms with van der Waals surface area (Å²) >= 11 is 0. The van der Waals surface area contributed by atoms with Gasteiger partial charge in [0.05, 0.1) is 11.1 Å². The Labute approximate surface area is 157 Å². The van der Waals surface area contributed by atoms with Crippen LogP contribution in [0.1, 0.15) is 21.5 Å². The smallest absolute Gasteiger partial charge is 0.258 e. The minimum atomic E-state index is -0.191. The van der Waals surface area contributed by atoms with Crippen LogP contribution in [0.4, 0.5) is 5.69 Å². The fraction of sp³-hybridized carbons (Fsp3) is 0.0870. The lowest BCUT2D eigenvalue weighted by Gasteiger charge is -2.13. The van der Waals surface area contributed by atoms with Crippen molar-refractivity contribution in [3.8, 4) is 11.3 Å². The van der Waals surface area contributed by atoms with Crippen LogP contribution in [-0.2, 0) is 0 Å². The first-order valence-corrected chi connectivity index (χ1v) is 8.83. The van der Waals surface area contributed by atoms with Crippen LogP contribution in [0.5, 0.6) is 0 Å². The maximum atomic E-state index is 13.2. The Morgan fingerprint density at radius 2 is 1.56 bits per heavy atom. The van der Waals surface area contributed by atoms with Crippen molar-refractivity contribution in [1.82, 2.24) is 10.2 Å². The summed E-state index contributed by atoms with van der Waals surface area (Å²) in [5, 5.41) is 12.5. The topological polar surface area (TPSA) is 54.9 Å². The summed E-state index contributed by atoms with van der Waals surface area (Å²) in [6, 6.07) is 23.1. The number of rotatable bonds is 3. The number of amides is 1. The average molecular weight is 353 g/mol. The van der Waals surface area contributed by atoms with Crippen LogP contribution in [0.2, 0.25) is 0 Å². The molecule has 0 unspecified atom stereocenters. The van der Waals surface area contributed by atoms with Crippen molar-refractivity contribution in [2.75, 3.05) is 5.32 Å². The van der Waals surface area contributed by atoms with E-state index in [1.807, 2.05) is 79.7 Å².